The molecule has 2 amide bonds. The first-order valence-electron chi connectivity index (χ1n) is 6.04. The number of aromatic nitrogens is 1. The maximum absolute atomic E-state index is 12.6. The Kier molecular flexibility index (Phi) is 4.12. The van der Waals surface area contributed by atoms with E-state index in [1.54, 1.807) is 0 Å². The Hall–Kier alpha value is -2.16. The van der Waals surface area contributed by atoms with Crippen molar-refractivity contribution in [3.05, 3.63) is 29.6 Å². The summed E-state index contributed by atoms with van der Waals surface area (Å²) in [6.07, 6.45) is -3.58. The summed E-state index contributed by atoms with van der Waals surface area (Å²) in [5.74, 6) is -0.685. The Labute approximate surface area is 117 Å². The van der Waals surface area contributed by atoms with E-state index in [9.17, 15) is 22.8 Å². The average Bonchev–Trinajstić information content (AvgIpc) is 2.83. The molecule has 1 atom stereocenters. The molecule has 9 heteroatoms. The molecule has 2 heterocycles. The number of hydrogen-bond acceptors (Lipinski definition) is 5. The van der Waals surface area contributed by atoms with E-state index < -0.39 is 29.8 Å². The van der Waals surface area contributed by atoms with Crippen molar-refractivity contribution >= 4 is 12.0 Å². The number of alkyl halides is 3. The van der Waals surface area contributed by atoms with Gasteiger partial charge in [-0.15, -0.1) is 0 Å². The van der Waals surface area contributed by atoms with E-state index in [0.717, 1.165) is 11.0 Å². The predicted molar refractivity (Wildman–Crippen MR) is 64.0 cm³/mol. The van der Waals surface area contributed by atoms with Gasteiger partial charge < -0.3 is 10.5 Å². The van der Waals surface area contributed by atoms with Gasteiger partial charge in [-0.2, -0.15) is 13.2 Å². The molecule has 1 aliphatic rings. The van der Waals surface area contributed by atoms with Crippen LogP contribution in [0.2, 0.25) is 0 Å². The molecule has 1 aromatic heterocycles. The smallest absolute Gasteiger partial charge is 0.417 e. The van der Waals surface area contributed by atoms with Gasteiger partial charge in [0.05, 0.1) is 18.2 Å². The van der Waals surface area contributed by atoms with Gasteiger partial charge >= 0.3 is 12.3 Å². The molecule has 0 spiro atoms. The number of amides is 2. The Bertz CT molecular complexity index is 562. The van der Waals surface area contributed by atoms with Crippen LogP contribution in [-0.4, -0.2) is 41.1 Å². The molecule has 1 aromatic rings. The number of hydrogen-bond donors (Lipinski definition) is 1. The summed E-state index contributed by atoms with van der Waals surface area (Å²) in [7, 11) is 0. The minimum Gasteiger partial charge on any atom is -0.447 e. The van der Waals surface area contributed by atoms with Crippen molar-refractivity contribution < 1.29 is 27.5 Å². The lowest BCUT2D eigenvalue weighted by molar-refractivity contribution is -0.137. The third-order valence-electron chi connectivity index (χ3n) is 2.92. The van der Waals surface area contributed by atoms with E-state index >= 15 is 0 Å². The number of cyclic esters (lactones) is 1. The molecule has 6 nitrogen and oxygen atoms in total. The van der Waals surface area contributed by atoms with Crippen LogP contribution in [0, 0.1) is 0 Å². The molecule has 2 N–H and O–H groups in total. The minimum absolute atomic E-state index is 0.0857. The summed E-state index contributed by atoms with van der Waals surface area (Å²) in [6, 6.07) is -0.261. The van der Waals surface area contributed by atoms with Crippen LogP contribution < -0.4 is 5.73 Å². The van der Waals surface area contributed by atoms with Gasteiger partial charge in [0.15, 0.2) is 0 Å². The van der Waals surface area contributed by atoms with Crippen molar-refractivity contribution in [2.24, 2.45) is 5.73 Å². The molecular weight excluding hydrogens is 291 g/mol. The maximum atomic E-state index is 12.6. The van der Waals surface area contributed by atoms with Gasteiger partial charge in [0.1, 0.15) is 6.61 Å². The number of carbonyl (C=O) groups is 2. The summed E-state index contributed by atoms with van der Waals surface area (Å²) < 4.78 is 42.3. The average molecular weight is 303 g/mol. The maximum Gasteiger partial charge on any atom is 0.417 e. The van der Waals surface area contributed by atoms with E-state index in [1.165, 1.54) is 6.20 Å². The molecule has 1 fully saturated rings. The van der Waals surface area contributed by atoms with Gasteiger partial charge in [-0.1, -0.05) is 0 Å². The molecule has 114 valence electrons. The standard InChI is InChI=1S/C12H12F3N3O3/c13-12(14,15)8-3-7(5-17-6-8)4-9(16)10(19)18-1-2-21-11(18)20/h3,5-6,9H,1-2,4,16H2/t9-/m0/s1. The molecule has 0 aliphatic carbocycles. The first kappa shape index (κ1) is 15.2. The van der Waals surface area contributed by atoms with E-state index in [0.29, 0.717) is 6.20 Å². The predicted octanol–water partition coefficient (Wildman–Crippen LogP) is 0.949. The number of imide groups is 1. The fraction of sp³-hybridized carbons (Fsp3) is 0.417. The van der Waals surface area contributed by atoms with Crippen LogP contribution in [0.1, 0.15) is 11.1 Å². The monoisotopic (exact) mass is 303 g/mol. The third kappa shape index (κ3) is 3.48. The van der Waals surface area contributed by atoms with Gasteiger partial charge in [-0.3, -0.25) is 9.78 Å². The van der Waals surface area contributed by atoms with Crippen LogP contribution >= 0.6 is 0 Å². The van der Waals surface area contributed by atoms with Gasteiger partial charge in [0.25, 0.3) is 0 Å². The first-order chi connectivity index (χ1) is 9.79. The van der Waals surface area contributed by atoms with Crippen LogP contribution in [-0.2, 0) is 22.1 Å². The minimum atomic E-state index is -4.52. The van der Waals surface area contributed by atoms with E-state index in [1.807, 2.05) is 0 Å². The highest BCUT2D eigenvalue weighted by Crippen LogP contribution is 2.29. The topological polar surface area (TPSA) is 85.5 Å². The molecule has 0 saturated carbocycles. The first-order valence-corrected chi connectivity index (χ1v) is 6.04. The number of nitrogens with two attached hydrogens (primary N) is 1. The highest BCUT2D eigenvalue weighted by Gasteiger charge is 2.33. The van der Waals surface area contributed by atoms with Crippen LogP contribution in [0.25, 0.3) is 0 Å². The molecule has 2 rings (SSSR count). The Morgan fingerprint density at radius 3 is 2.76 bits per heavy atom. The lowest BCUT2D eigenvalue weighted by Crippen LogP contribution is -2.45. The highest BCUT2D eigenvalue weighted by atomic mass is 19.4. The quantitative estimate of drug-likeness (QED) is 0.898. The zero-order valence-electron chi connectivity index (χ0n) is 10.8. The van der Waals surface area contributed by atoms with Crippen molar-refractivity contribution in [3.8, 4) is 0 Å². The molecule has 0 bridgehead atoms. The summed E-state index contributed by atoms with van der Waals surface area (Å²) in [5, 5.41) is 0. The second-order valence-corrected chi connectivity index (χ2v) is 4.49. The fourth-order valence-corrected chi connectivity index (χ4v) is 1.89. The number of pyridine rings is 1. The second-order valence-electron chi connectivity index (χ2n) is 4.49. The Balaban J connectivity index is 2.07. The molecule has 0 unspecified atom stereocenters. The second kappa shape index (κ2) is 5.68. The molecule has 0 radical (unpaired) electrons. The number of halogens is 3. The molecule has 0 aromatic carbocycles. The van der Waals surface area contributed by atoms with E-state index in [2.05, 4.69) is 9.72 Å². The van der Waals surface area contributed by atoms with Gasteiger partial charge in [0, 0.05) is 12.4 Å². The lowest BCUT2D eigenvalue weighted by atomic mass is 10.1. The summed E-state index contributed by atoms with van der Waals surface area (Å²) in [5.41, 5.74) is 4.89. The van der Waals surface area contributed by atoms with E-state index in [-0.39, 0.29) is 25.1 Å². The van der Waals surface area contributed by atoms with Crippen molar-refractivity contribution in [2.75, 3.05) is 13.2 Å². The van der Waals surface area contributed by atoms with Crippen LogP contribution in [0.15, 0.2) is 18.5 Å². The molecule has 1 saturated heterocycles. The number of nitrogens with zero attached hydrogens (tertiary/aromatic N) is 2. The summed E-state index contributed by atoms with van der Waals surface area (Å²) >= 11 is 0. The summed E-state index contributed by atoms with van der Waals surface area (Å²) in [4.78, 5) is 27.4. The van der Waals surface area contributed by atoms with Crippen molar-refractivity contribution in [2.45, 2.75) is 18.6 Å². The Morgan fingerprint density at radius 1 is 1.48 bits per heavy atom. The number of rotatable bonds is 3. The normalized spacial score (nSPS) is 16.8. The lowest BCUT2D eigenvalue weighted by Gasteiger charge is -2.17. The van der Waals surface area contributed by atoms with Gasteiger partial charge in [-0.25, -0.2) is 9.69 Å². The van der Waals surface area contributed by atoms with Crippen LogP contribution in [0.5, 0.6) is 0 Å². The number of ether oxygens (including phenoxy) is 1. The fourth-order valence-electron chi connectivity index (χ4n) is 1.89. The van der Waals surface area contributed by atoms with Crippen molar-refractivity contribution in [1.82, 2.24) is 9.88 Å². The highest BCUT2D eigenvalue weighted by molar-refractivity contribution is 5.95. The Morgan fingerprint density at radius 2 is 2.19 bits per heavy atom. The van der Waals surface area contributed by atoms with Crippen LogP contribution in [0.3, 0.4) is 0 Å². The molecule has 1 aliphatic heterocycles. The number of carbonyl (C=O) groups excluding carboxylic acids is 2. The molecular formula is C12H12F3N3O3. The largest absolute Gasteiger partial charge is 0.447 e. The zero-order valence-corrected chi connectivity index (χ0v) is 10.8. The van der Waals surface area contributed by atoms with E-state index in [4.69, 9.17) is 5.73 Å². The summed E-state index contributed by atoms with van der Waals surface area (Å²) in [6.45, 7) is 0.175. The molecule has 21 heavy (non-hydrogen) atoms. The van der Waals surface area contributed by atoms with Crippen molar-refractivity contribution in [1.29, 1.82) is 0 Å². The SMILES string of the molecule is N[C@@H](Cc1cncc(C(F)(F)F)c1)C(=O)N1CCOC1=O. The van der Waals surface area contributed by atoms with Crippen molar-refractivity contribution in [3.63, 3.8) is 0 Å². The van der Waals surface area contributed by atoms with Gasteiger partial charge in [-0.05, 0) is 18.1 Å². The zero-order chi connectivity index (χ0) is 15.6. The van der Waals surface area contributed by atoms with Gasteiger partial charge in [0.2, 0.25) is 5.91 Å². The third-order valence-corrected chi connectivity index (χ3v) is 2.92. The van der Waals surface area contributed by atoms with Crippen LogP contribution in [0.4, 0.5) is 18.0 Å².